The van der Waals surface area contributed by atoms with E-state index < -0.39 is 0 Å². The molecule has 1 saturated heterocycles. The maximum atomic E-state index is 12.8. The first kappa shape index (κ1) is 24.4. The van der Waals surface area contributed by atoms with Crippen molar-refractivity contribution in [3.63, 3.8) is 0 Å². The first-order valence-electron chi connectivity index (χ1n) is 11.4. The van der Waals surface area contributed by atoms with Gasteiger partial charge in [-0.3, -0.25) is 14.5 Å². The highest BCUT2D eigenvalue weighted by molar-refractivity contribution is 7.99. The molecule has 1 N–H and O–H groups in total. The van der Waals surface area contributed by atoms with Gasteiger partial charge < -0.3 is 10.2 Å². The highest BCUT2D eigenvalue weighted by Crippen LogP contribution is 2.24. The van der Waals surface area contributed by atoms with Crippen molar-refractivity contribution in [1.29, 1.82) is 0 Å². The van der Waals surface area contributed by atoms with E-state index in [2.05, 4.69) is 20.2 Å². The molecule has 0 unspecified atom stereocenters. The molecule has 4 rings (SSSR count). The van der Waals surface area contributed by atoms with Gasteiger partial charge in [-0.25, -0.2) is 9.97 Å². The Hall–Kier alpha value is -2.75. The number of amides is 2. The smallest absolute Gasteiger partial charge is 0.238 e. The van der Waals surface area contributed by atoms with Crippen LogP contribution in [0.1, 0.15) is 17.5 Å². The largest absolute Gasteiger partial charge is 0.341 e. The average molecular weight is 496 g/mol. The van der Waals surface area contributed by atoms with Gasteiger partial charge in [0, 0.05) is 38.1 Å². The third-order valence-electron chi connectivity index (χ3n) is 5.79. The van der Waals surface area contributed by atoms with Gasteiger partial charge in [0.1, 0.15) is 0 Å². The summed E-state index contributed by atoms with van der Waals surface area (Å²) in [5, 5.41) is 5.68. The number of rotatable bonds is 7. The molecule has 0 radical (unpaired) electrons. The van der Waals surface area contributed by atoms with Gasteiger partial charge in [0.05, 0.1) is 22.9 Å². The number of nitrogens with zero attached hydrogens (tertiary/aromatic N) is 4. The molecule has 2 aromatic heterocycles. The number of aryl methyl sites for hydroxylation is 2. The van der Waals surface area contributed by atoms with Crippen LogP contribution in [0.25, 0.3) is 10.6 Å². The normalized spacial score (nSPS) is 14.6. The van der Waals surface area contributed by atoms with E-state index in [9.17, 15) is 9.59 Å². The summed E-state index contributed by atoms with van der Waals surface area (Å²) in [5.74, 6) is 0.369. The van der Waals surface area contributed by atoms with Crippen molar-refractivity contribution in [1.82, 2.24) is 19.8 Å². The quantitative estimate of drug-likeness (QED) is 0.393. The molecule has 0 atom stereocenters. The lowest BCUT2D eigenvalue weighted by Crippen LogP contribution is -2.38. The van der Waals surface area contributed by atoms with Gasteiger partial charge in [0.15, 0.2) is 5.16 Å². The van der Waals surface area contributed by atoms with Crippen molar-refractivity contribution in [3.05, 3.63) is 59.1 Å². The second-order valence-electron chi connectivity index (χ2n) is 8.32. The second kappa shape index (κ2) is 11.6. The molecule has 9 heteroatoms. The highest BCUT2D eigenvalue weighted by Gasteiger charge is 2.21. The minimum absolute atomic E-state index is 0.0181. The number of para-hydroxylation sites is 1. The Morgan fingerprint density at radius 2 is 1.88 bits per heavy atom. The number of benzene rings is 1. The fourth-order valence-electron chi connectivity index (χ4n) is 3.96. The lowest BCUT2D eigenvalue weighted by Gasteiger charge is -2.22. The Bertz CT molecular complexity index is 1120. The van der Waals surface area contributed by atoms with E-state index in [4.69, 9.17) is 0 Å². The molecule has 178 valence electrons. The van der Waals surface area contributed by atoms with Crippen LogP contribution in [0.4, 0.5) is 5.69 Å². The van der Waals surface area contributed by atoms with Crippen LogP contribution in [0.5, 0.6) is 0 Å². The molecule has 7 nitrogen and oxygen atoms in total. The third kappa shape index (κ3) is 6.43. The monoisotopic (exact) mass is 495 g/mol. The van der Waals surface area contributed by atoms with Crippen LogP contribution in [0.2, 0.25) is 0 Å². The van der Waals surface area contributed by atoms with Gasteiger partial charge in [-0.1, -0.05) is 36.0 Å². The summed E-state index contributed by atoms with van der Waals surface area (Å²) in [6.07, 6.45) is 2.58. The number of carbonyl (C=O) groups excluding carboxylic acids is 2. The van der Waals surface area contributed by atoms with Crippen LogP contribution < -0.4 is 5.32 Å². The zero-order valence-electron chi connectivity index (χ0n) is 19.5. The summed E-state index contributed by atoms with van der Waals surface area (Å²) in [4.78, 5) is 39.5. The van der Waals surface area contributed by atoms with Crippen LogP contribution in [0.3, 0.4) is 0 Å². The van der Waals surface area contributed by atoms with Crippen molar-refractivity contribution < 1.29 is 9.59 Å². The zero-order chi connectivity index (χ0) is 23.9. The lowest BCUT2D eigenvalue weighted by atomic mass is 10.1. The molecular weight excluding hydrogens is 466 g/mol. The summed E-state index contributed by atoms with van der Waals surface area (Å²) >= 11 is 3.00. The highest BCUT2D eigenvalue weighted by atomic mass is 32.2. The Balaban J connectivity index is 1.25. The number of nitrogens with one attached hydrogen (secondary N) is 1. The predicted octanol–water partition coefficient (Wildman–Crippen LogP) is 4.09. The lowest BCUT2D eigenvalue weighted by molar-refractivity contribution is -0.128. The molecule has 1 fully saturated rings. The van der Waals surface area contributed by atoms with E-state index in [1.54, 1.807) is 17.5 Å². The number of thioether (sulfide) groups is 1. The van der Waals surface area contributed by atoms with Crippen molar-refractivity contribution in [2.75, 3.05) is 43.8 Å². The third-order valence-corrected chi connectivity index (χ3v) is 7.52. The standard InChI is InChI=1S/C25H29N5O2S2/c1-18-6-3-7-19(2)24(18)28-22(31)16-29-11-5-12-30(14-13-29)23(32)17-34-25-26-10-9-20(27-25)21-8-4-15-33-21/h3-4,6-10,15H,5,11-14,16-17H2,1-2H3,(H,28,31). The van der Waals surface area contributed by atoms with Crippen LogP contribution in [0.15, 0.2) is 53.1 Å². The molecule has 3 heterocycles. The predicted molar refractivity (Wildman–Crippen MR) is 138 cm³/mol. The minimum atomic E-state index is -0.0181. The minimum Gasteiger partial charge on any atom is -0.341 e. The molecular formula is C25H29N5O2S2. The first-order chi connectivity index (χ1) is 16.5. The summed E-state index contributed by atoms with van der Waals surface area (Å²) in [7, 11) is 0. The number of hydrogen-bond acceptors (Lipinski definition) is 7. The molecule has 1 aliphatic rings. The molecule has 3 aromatic rings. The number of anilines is 1. The molecule has 0 aliphatic carbocycles. The SMILES string of the molecule is Cc1cccc(C)c1NC(=O)CN1CCCN(C(=O)CSc2nccc(-c3cccs3)n2)CC1. The van der Waals surface area contributed by atoms with E-state index in [-0.39, 0.29) is 11.8 Å². The maximum absolute atomic E-state index is 12.8. The molecule has 1 aliphatic heterocycles. The fourth-order valence-corrected chi connectivity index (χ4v) is 5.39. The van der Waals surface area contributed by atoms with Gasteiger partial charge >= 0.3 is 0 Å². The molecule has 2 amide bonds. The topological polar surface area (TPSA) is 78.4 Å². The number of aromatic nitrogens is 2. The van der Waals surface area contributed by atoms with Gasteiger partial charge in [-0.15, -0.1) is 11.3 Å². The van der Waals surface area contributed by atoms with Crippen LogP contribution in [-0.4, -0.2) is 70.1 Å². The van der Waals surface area contributed by atoms with Crippen molar-refractivity contribution in [2.24, 2.45) is 0 Å². The molecule has 34 heavy (non-hydrogen) atoms. The van der Waals surface area contributed by atoms with Crippen LogP contribution in [-0.2, 0) is 9.59 Å². The number of hydrogen-bond donors (Lipinski definition) is 1. The zero-order valence-corrected chi connectivity index (χ0v) is 21.1. The fraction of sp³-hybridized carbons (Fsp3) is 0.360. The Kier molecular flexibility index (Phi) is 8.31. The van der Waals surface area contributed by atoms with E-state index in [1.807, 2.05) is 60.5 Å². The Morgan fingerprint density at radius 3 is 2.65 bits per heavy atom. The van der Waals surface area contributed by atoms with Crippen LogP contribution in [0, 0.1) is 13.8 Å². The van der Waals surface area contributed by atoms with Crippen molar-refractivity contribution in [2.45, 2.75) is 25.4 Å². The van der Waals surface area contributed by atoms with Gasteiger partial charge in [0.25, 0.3) is 0 Å². The van der Waals surface area contributed by atoms with Crippen molar-refractivity contribution in [3.8, 4) is 10.6 Å². The second-order valence-corrected chi connectivity index (χ2v) is 10.2. The first-order valence-corrected chi connectivity index (χ1v) is 13.2. The van der Waals surface area contributed by atoms with Gasteiger partial charge in [0.2, 0.25) is 11.8 Å². The Labute approximate surface area is 208 Å². The van der Waals surface area contributed by atoms with Gasteiger partial charge in [-0.05, 0) is 48.9 Å². The maximum Gasteiger partial charge on any atom is 0.238 e. The Morgan fingerprint density at radius 1 is 1.06 bits per heavy atom. The average Bonchev–Trinajstić information content (AvgIpc) is 3.27. The van der Waals surface area contributed by atoms with E-state index in [1.165, 1.54) is 11.8 Å². The van der Waals surface area contributed by atoms with Gasteiger partial charge in [-0.2, -0.15) is 0 Å². The molecule has 0 saturated carbocycles. The summed E-state index contributed by atoms with van der Waals surface area (Å²) in [6.45, 7) is 7.12. The van der Waals surface area contributed by atoms with E-state index in [0.717, 1.165) is 40.4 Å². The molecule has 0 bridgehead atoms. The van der Waals surface area contributed by atoms with Crippen LogP contribution >= 0.6 is 23.1 Å². The number of thiophene rings is 1. The van der Waals surface area contributed by atoms with Crippen molar-refractivity contribution >= 4 is 40.6 Å². The molecule has 1 aromatic carbocycles. The summed E-state index contributed by atoms with van der Waals surface area (Å²) < 4.78 is 0. The van der Waals surface area contributed by atoms with E-state index >= 15 is 0 Å². The van der Waals surface area contributed by atoms with E-state index in [0.29, 0.717) is 37.1 Å². The molecule has 0 spiro atoms. The summed E-state index contributed by atoms with van der Waals surface area (Å²) in [5.41, 5.74) is 3.89. The number of carbonyl (C=O) groups is 2. The summed E-state index contributed by atoms with van der Waals surface area (Å²) in [6, 6.07) is 11.9.